The Morgan fingerprint density at radius 3 is 2.68 bits per heavy atom. The van der Waals surface area contributed by atoms with Gasteiger partial charge in [-0.1, -0.05) is 0 Å². The van der Waals surface area contributed by atoms with Gasteiger partial charge in [-0.3, -0.25) is 0 Å². The lowest BCUT2D eigenvalue weighted by atomic mass is 10.1. The van der Waals surface area contributed by atoms with Gasteiger partial charge in [0, 0.05) is 6.07 Å². The number of fused-ring (bicyclic) bond motifs is 1. The summed E-state index contributed by atoms with van der Waals surface area (Å²) < 4.78 is 15.4. The largest absolute Gasteiger partial charge is 0.504 e. The van der Waals surface area contributed by atoms with Crippen molar-refractivity contribution in [3.05, 3.63) is 17.4 Å². The molecule has 0 radical (unpaired) electrons. The number of methoxy groups -OCH3 is 1. The van der Waals surface area contributed by atoms with Crippen LogP contribution in [0.25, 0.3) is 11.0 Å². The lowest BCUT2D eigenvalue weighted by Crippen LogP contribution is -2.05. The molecule has 0 fully saturated rings. The van der Waals surface area contributed by atoms with Crippen LogP contribution < -0.4 is 4.74 Å². The molecule has 0 saturated carbocycles. The summed E-state index contributed by atoms with van der Waals surface area (Å²) in [5.41, 5.74) is 0.428. The number of furan rings is 1. The van der Waals surface area contributed by atoms with Gasteiger partial charge >= 0.3 is 5.97 Å². The van der Waals surface area contributed by atoms with E-state index in [9.17, 15) is 15.0 Å². The van der Waals surface area contributed by atoms with Crippen LogP contribution in [0, 0.1) is 6.92 Å². The van der Waals surface area contributed by atoms with Gasteiger partial charge in [-0.15, -0.1) is 0 Å². The van der Waals surface area contributed by atoms with E-state index in [-0.39, 0.29) is 34.6 Å². The second-order valence-corrected chi connectivity index (χ2v) is 3.90. The molecule has 6 nitrogen and oxygen atoms in total. The van der Waals surface area contributed by atoms with Crippen LogP contribution in [0.3, 0.4) is 0 Å². The van der Waals surface area contributed by atoms with E-state index in [2.05, 4.69) is 0 Å². The third-order valence-electron chi connectivity index (χ3n) is 2.75. The molecule has 2 rings (SSSR count). The lowest BCUT2D eigenvalue weighted by Gasteiger charge is -2.07. The van der Waals surface area contributed by atoms with E-state index in [1.165, 1.54) is 13.2 Å². The smallest absolute Gasteiger partial charge is 0.342 e. The molecule has 0 atom stereocenters. The van der Waals surface area contributed by atoms with Crippen LogP contribution in [-0.2, 0) is 4.74 Å². The first-order valence-electron chi connectivity index (χ1n) is 5.70. The topological polar surface area (TPSA) is 89.1 Å². The number of benzene rings is 1. The van der Waals surface area contributed by atoms with Crippen molar-refractivity contribution in [3.63, 3.8) is 0 Å². The van der Waals surface area contributed by atoms with Gasteiger partial charge in [0.15, 0.2) is 11.5 Å². The molecule has 2 aromatic rings. The highest BCUT2D eigenvalue weighted by atomic mass is 16.5. The molecule has 0 bridgehead atoms. The summed E-state index contributed by atoms with van der Waals surface area (Å²) in [5.74, 6) is -1.08. The van der Waals surface area contributed by atoms with E-state index < -0.39 is 11.7 Å². The molecule has 0 amide bonds. The van der Waals surface area contributed by atoms with E-state index in [1.54, 1.807) is 13.8 Å². The van der Waals surface area contributed by atoms with E-state index in [0.29, 0.717) is 5.76 Å². The summed E-state index contributed by atoms with van der Waals surface area (Å²) in [7, 11) is 1.32. The SMILES string of the molecule is CCOC(=O)c1c(C)oc2cc(O)c(O)c(OC)c12. The van der Waals surface area contributed by atoms with Crippen molar-refractivity contribution in [1.29, 1.82) is 0 Å². The van der Waals surface area contributed by atoms with Crippen LogP contribution in [-0.4, -0.2) is 29.9 Å². The minimum absolute atomic E-state index is 0.0186. The first-order valence-corrected chi connectivity index (χ1v) is 5.70. The predicted molar refractivity (Wildman–Crippen MR) is 66.8 cm³/mol. The number of carbonyl (C=O) groups is 1. The fourth-order valence-corrected chi connectivity index (χ4v) is 1.97. The number of hydrogen-bond donors (Lipinski definition) is 2. The Morgan fingerprint density at radius 1 is 1.42 bits per heavy atom. The van der Waals surface area contributed by atoms with E-state index in [0.717, 1.165) is 0 Å². The standard InChI is InChI=1S/C13H14O6/c1-4-18-13(16)9-6(2)19-8-5-7(14)11(15)12(17-3)10(8)9/h5,14-15H,4H2,1-3H3. The number of rotatable bonds is 3. The number of esters is 1. The summed E-state index contributed by atoms with van der Waals surface area (Å²) in [6, 6.07) is 1.23. The molecule has 0 unspecified atom stereocenters. The molecule has 0 aliphatic rings. The molecule has 2 N–H and O–H groups in total. The Bertz CT molecular complexity index is 640. The van der Waals surface area contributed by atoms with Crippen LogP contribution >= 0.6 is 0 Å². The Labute approximate surface area is 109 Å². The van der Waals surface area contributed by atoms with Crippen LogP contribution in [0.5, 0.6) is 17.2 Å². The van der Waals surface area contributed by atoms with Crippen molar-refractivity contribution in [3.8, 4) is 17.2 Å². The molecule has 102 valence electrons. The first kappa shape index (κ1) is 13.1. The molecule has 0 spiro atoms. The summed E-state index contributed by atoms with van der Waals surface area (Å²) in [4.78, 5) is 11.9. The summed E-state index contributed by atoms with van der Waals surface area (Å²) in [6.45, 7) is 3.51. The molecule has 1 aromatic carbocycles. The van der Waals surface area contributed by atoms with Gasteiger partial charge in [-0.05, 0) is 13.8 Å². The number of hydrogen-bond acceptors (Lipinski definition) is 6. The summed E-state index contributed by atoms with van der Waals surface area (Å²) in [6.07, 6.45) is 0. The second kappa shape index (κ2) is 4.72. The van der Waals surface area contributed by atoms with Gasteiger partial charge in [0.2, 0.25) is 5.75 Å². The molecular weight excluding hydrogens is 252 g/mol. The molecule has 1 aromatic heterocycles. The van der Waals surface area contributed by atoms with E-state index >= 15 is 0 Å². The lowest BCUT2D eigenvalue weighted by molar-refractivity contribution is 0.0526. The number of aryl methyl sites for hydroxylation is 1. The number of carbonyl (C=O) groups excluding carboxylic acids is 1. The number of phenols is 2. The molecular formula is C13H14O6. The normalized spacial score (nSPS) is 10.7. The van der Waals surface area contributed by atoms with Crippen LogP contribution in [0.1, 0.15) is 23.0 Å². The zero-order valence-corrected chi connectivity index (χ0v) is 10.8. The summed E-state index contributed by atoms with van der Waals surface area (Å²) >= 11 is 0. The van der Waals surface area contributed by atoms with Gasteiger partial charge < -0.3 is 24.1 Å². The van der Waals surface area contributed by atoms with Gasteiger partial charge in [-0.2, -0.15) is 0 Å². The molecule has 19 heavy (non-hydrogen) atoms. The Kier molecular flexibility index (Phi) is 3.25. The van der Waals surface area contributed by atoms with Crippen molar-refractivity contribution in [1.82, 2.24) is 0 Å². The van der Waals surface area contributed by atoms with Crippen molar-refractivity contribution in [2.24, 2.45) is 0 Å². The maximum absolute atomic E-state index is 11.9. The quantitative estimate of drug-likeness (QED) is 0.654. The zero-order chi connectivity index (χ0) is 14.2. The molecule has 6 heteroatoms. The molecule has 0 saturated heterocycles. The first-order chi connectivity index (χ1) is 9.01. The molecule has 0 aliphatic carbocycles. The molecule has 0 aliphatic heterocycles. The Hall–Kier alpha value is -2.37. The Morgan fingerprint density at radius 2 is 2.11 bits per heavy atom. The zero-order valence-electron chi connectivity index (χ0n) is 10.8. The maximum atomic E-state index is 11.9. The fourth-order valence-electron chi connectivity index (χ4n) is 1.97. The minimum Gasteiger partial charge on any atom is -0.504 e. The monoisotopic (exact) mass is 266 g/mol. The van der Waals surface area contributed by atoms with Crippen LogP contribution in [0.4, 0.5) is 0 Å². The van der Waals surface area contributed by atoms with Gasteiger partial charge in [-0.25, -0.2) is 4.79 Å². The van der Waals surface area contributed by atoms with Gasteiger partial charge in [0.05, 0.1) is 19.1 Å². The fraction of sp³-hybridized carbons (Fsp3) is 0.308. The highest BCUT2D eigenvalue weighted by Crippen LogP contribution is 2.45. The van der Waals surface area contributed by atoms with E-state index in [1.807, 2.05) is 0 Å². The molecule has 1 heterocycles. The second-order valence-electron chi connectivity index (χ2n) is 3.90. The van der Waals surface area contributed by atoms with Crippen LogP contribution in [0.2, 0.25) is 0 Å². The highest BCUT2D eigenvalue weighted by Gasteiger charge is 2.26. The van der Waals surface area contributed by atoms with E-state index in [4.69, 9.17) is 13.9 Å². The average Bonchev–Trinajstić information content (AvgIpc) is 2.67. The number of aromatic hydroxyl groups is 2. The summed E-state index contributed by atoms with van der Waals surface area (Å²) in [5, 5.41) is 19.6. The van der Waals surface area contributed by atoms with Crippen molar-refractivity contribution >= 4 is 16.9 Å². The van der Waals surface area contributed by atoms with Crippen molar-refractivity contribution in [2.45, 2.75) is 13.8 Å². The third kappa shape index (κ3) is 1.95. The van der Waals surface area contributed by atoms with Crippen molar-refractivity contribution in [2.75, 3.05) is 13.7 Å². The number of phenolic OH excluding ortho intramolecular Hbond substituents is 2. The maximum Gasteiger partial charge on any atom is 0.342 e. The van der Waals surface area contributed by atoms with Gasteiger partial charge in [0.1, 0.15) is 16.9 Å². The Balaban J connectivity index is 2.81. The minimum atomic E-state index is -0.567. The third-order valence-corrected chi connectivity index (χ3v) is 2.75. The van der Waals surface area contributed by atoms with Crippen LogP contribution in [0.15, 0.2) is 10.5 Å². The average molecular weight is 266 g/mol. The van der Waals surface area contributed by atoms with Gasteiger partial charge in [0.25, 0.3) is 0 Å². The van der Waals surface area contributed by atoms with Crippen molar-refractivity contribution < 1.29 is 28.9 Å². The predicted octanol–water partition coefficient (Wildman–Crippen LogP) is 2.34. The number of ether oxygens (including phenoxy) is 2. The highest BCUT2D eigenvalue weighted by molar-refractivity contribution is 6.08.